The van der Waals surface area contributed by atoms with E-state index >= 15 is 0 Å². The van der Waals surface area contributed by atoms with Crippen molar-refractivity contribution in [2.45, 2.75) is 51.8 Å². The van der Waals surface area contributed by atoms with E-state index in [9.17, 15) is 4.79 Å². The molecule has 0 unspecified atom stereocenters. The van der Waals surface area contributed by atoms with Gasteiger partial charge in [0.25, 0.3) is 5.82 Å². The molecule has 1 amide bonds. The zero-order chi connectivity index (χ0) is 12.5. The Morgan fingerprint density at radius 1 is 1.59 bits per heavy atom. The number of hydrogen-bond donors (Lipinski definition) is 2. The maximum absolute atomic E-state index is 11.6. The van der Waals surface area contributed by atoms with Gasteiger partial charge in [-0.2, -0.15) is 0 Å². The smallest absolute Gasteiger partial charge is 0.408 e. The van der Waals surface area contributed by atoms with Gasteiger partial charge in [-0.3, -0.25) is 0 Å². The SMILES string of the molecule is CC(C)(C)OC(=O)N[C@H]1CCc2[nH]cc[n+]2C1. The van der Waals surface area contributed by atoms with Gasteiger partial charge in [-0.15, -0.1) is 0 Å². The highest BCUT2D eigenvalue weighted by molar-refractivity contribution is 5.68. The largest absolute Gasteiger partial charge is 0.444 e. The van der Waals surface area contributed by atoms with Crippen LogP contribution in [0.25, 0.3) is 0 Å². The van der Waals surface area contributed by atoms with Gasteiger partial charge in [-0.25, -0.2) is 14.3 Å². The topological polar surface area (TPSA) is 58.0 Å². The number of hydrogen-bond acceptors (Lipinski definition) is 2. The number of imidazole rings is 1. The lowest BCUT2D eigenvalue weighted by atomic mass is 10.1. The molecule has 1 aliphatic heterocycles. The molecule has 5 heteroatoms. The Labute approximate surface area is 101 Å². The van der Waals surface area contributed by atoms with E-state index in [1.54, 1.807) is 0 Å². The second-order valence-electron chi connectivity index (χ2n) is 5.44. The lowest BCUT2D eigenvalue weighted by Crippen LogP contribution is -2.53. The molecule has 1 aromatic rings. The van der Waals surface area contributed by atoms with Crippen molar-refractivity contribution in [1.82, 2.24) is 10.3 Å². The van der Waals surface area contributed by atoms with Crippen LogP contribution in [0.15, 0.2) is 12.4 Å². The predicted molar refractivity (Wildman–Crippen MR) is 62.5 cm³/mol. The molecule has 17 heavy (non-hydrogen) atoms. The van der Waals surface area contributed by atoms with Crippen molar-refractivity contribution in [1.29, 1.82) is 0 Å². The van der Waals surface area contributed by atoms with Crippen LogP contribution in [0, 0.1) is 0 Å². The van der Waals surface area contributed by atoms with Crippen molar-refractivity contribution < 1.29 is 14.1 Å². The summed E-state index contributed by atoms with van der Waals surface area (Å²) in [7, 11) is 0. The van der Waals surface area contributed by atoms with Gasteiger partial charge in [0.15, 0.2) is 0 Å². The second kappa shape index (κ2) is 4.39. The van der Waals surface area contributed by atoms with E-state index in [1.165, 1.54) is 5.82 Å². The number of alkyl carbamates (subject to hydrolysis) is 1. The minimum absolute atomic E-state index is 0.151. The summed E-state index contributed by atoms with van der Waals surface area (Å²) >= 11 is 0. The molecule has 0 saturated carbocycles. The number of carbonyl (C=O) groups is 1. The Balaban J connectivity index is 1.88. The number of aryl methyl sites for hydroxylation is 1. The molecule has 0 fully saturated rings. The van der Waals surface area contributed by atoms with Crippen LogP contribution in [0.5, 0.6) is 0 Å². The first kappa shape index (κ1) is 12.0. The number of H-pyrrole nitrogens is 1. The van der Waals surface area contributed by atoms with Gasteiger partial charge in [0.2, 0.25) is 0 Å². The Hall–Kier alpha value is -1.52. The van der Waals surface area contributed by atoms with Crippen molar-refractivity contribution in [3.63, 3.8) is 0 Å². The maximum Gasteiger partial charge on any atom is 0.408 e. The monoisotopic (exact) mass is 238 g/mol. The molecule has 2 N–H and O–H groups in total. The van der Waals surface area contributed by atoms with E-state index < -0.39 is 5.60 Å². The van der Waals surface area contributed by atoms with E-state index in [4.69, 9.17) is 4.74 Å². The van der Waals surface area contributed by atoms with Crippen LogP contribution in [-0.2, 0) is 17.7 Å². The molecule has 0 aliphatic carbocycles. The van der Waals surface area contributed by atoms with Crippen LogP contribution in [0.3, 0.4) is 0 Å². The van der Waals surface area contributed by atoms with Gasteiger partial charge in [0.1, 0.15) is 24.5 Å². The van der Waals surface area contributed by atoms with Crippen LogP contribution in [0.1, 0.15) is 33.0 Å². The summed E-state index contributed by atoms with van der Waals surface area (Å²) < 4.78 is 7.37. The Kier molecular flexibility index (Phi) is 3.09. The zero-order valence-electron chi connectivity index (χ0n) is 10.6. The highest BCUT2D eigenvalue weighted by Crippen LogP contribution is 2.09. The summed E-state index contributed by atoms with van der Waals surface area (Å²) in [4.78, 5) is 14.8. The minimum Gasteiger partial charge on any atom is -0.444 e. The molecule has 0 bridgehead atoms. The maximum atomic E-state index is 11.6. The van der Waals surface area contributed by atoms with Crippen LogP contribution < -0.4 is 9.88 Å². The van der Waals surface area contributed by atoms with E-state index in [0.29, 0.717) is 0 Å². The Bertz CT molecular complexity index is 406. The molecule has 1 aromatic heterocycles. The molecule has 5 nitrogen and oxygen atoms in total. The van der Waals surface area contributed by atoms with Gasteiger partial charge in [0, 0.05) is 0 Å². The molecule has 0 saturated heterocycles. The molecule has 1 atom stereocenters. The lowest BCUT2D eigenvalue weighted by Gasteiger charge is -2.24. The zero-order valence-corrected chi connectivity index (χ0v) is 10.6. The Morgan fingerprint density at radius 2 is 2.35 bits per heavy atom. The summed E-state index contributed by atoms with van der Waals surface area (Å²) in [5.41, 5.74) is -0.439. The van der Waals surface area contributed by atoms with Crippen LogP contribution in [-0.4, -0.2) is 22.7 Å². The third-order valence-electron chi connectivity index (χ3n) is 2.72. The van der Waals surface area contributed by atoms with Crippen molar-refractivity contribution in [3.05, 3.63) is 18.2 Å². The van der Waals surface area contributed by atoms with Crippen molar-refractivity contribution in [3.8, 4) is 0 Å². The molecular formula is C12H20N3O2+. The van der Waals surface area contributed by atoms with E-state index in [1.807, 2.05) is 33.2 Å². The van der Waals surface area contributed by atoms with Crippen LogP contribution in [0.4, 0.5) is 4.79 Å². The Morgan fingerprint density at radius 3 is 3.06 bits per heavy atom. The van der Waals surface area contributed by atoms with Crippen molar-refractivity contribution in [2.24, 2.45) is 0 Å². The summed E-state index contributed by atoms with van der Waals surface area (Å²) in [6.07, 6.45) is 5.48. The number of aromatic amines is 1. The molecule has 0 spiro atoms. The predicted octanol–water partition coefficient (Wildman–Crippen LogP) is 1.14. The molecule has 0 radical (unpaired) electrons. The van der Waals surface area contributed by atoms with Crippen molar-refractivity contribution in [2.75, 3.05) is 0 Å². The van der Waals surface area contributed by atoms with Gasteiger partial charge < -0.3 is 10.1 Å². The number of nitrogens with zero attached hydrogens (tertiary/aromatic N) is 1. The number of aromatic nitrogens is 2. The van der Waals surface area contributed by atoms with E-state index in [2.05, 4.69) is 14.9 Å². The summed E-state index contributed by atoms with van der Waals surface area (Å²) in [5.74, 6) is 1.22. The third kappa shape index (κ3) is 3.22. The normalized spacial score (nSPS) is 19.6. The molecule has 1 aliphatic rings. The number of ether oxygens (including phenoxy) is 1. The second-order valence-corrected chi connectivity index (χ2v) is 5.44. The van der Waals surface area contributed by atoms with Crippen LogP contribution in [0.2, 0.25) is 0 Å². The fourth-order valence-electron chi connectivity index (χ4n) is 2.01. The first-order valence-corrected chi connectivity index (χ1v) is 5.99. The average molecular weight is 238 g/mol. The molecular weight excluding hydrogens is 218 g/mol. The number of nitrogens with one attached hydrogen (secondary N) is 2. The van der Waals surface area contributed by atoms with Crippen LogP contribution >= 0.6 is 0 Å². The molecule has 0 aromatic carbocycles. The van der Waals surface area contributed by atoms with E-state index in [0.717, 1.165) is 19.4 Å². The van der Waals surface area contributed by atoms with Crippen molar-refractivity contribution >= 4 is 6.09 Å². The number of fused-ring (bicyclic) bond motifs is 1. The highest BCUT2D eigenvalue weighted by atomic mass is 16.6. The number of amides is 1. The standard InChI is InChI=1S/C12H19N3O2/c1-12(2,3)17-11(16)14-9-4-5-10-13-6-7-15(10)8-9/h6-7,9H,4-5,8H2,1-3H3,(H,14,16)/p+1/t9-/m0/s1. The molecule has 2 heterocycles. The quantitative estimate of drug-likeness (QED) is 0.721. The van der Waals surface area contributed by atoms with E-state index in [-0.39, 0.29) is 12.1 Å². The fourth-order valence-corrected chi connectivity index (χ4v) is 2.01. The summed E-state index contributed by atoms with van der Waals surface area (Å²) in [6, 6.07) is 0.151. The number of rotatable bonds is 1. The fraction of sp³-hybridized carbons (Fsp3) is 0.667. The number of carbonyl (C=O) groups excluding carboxylic acids is 1. The lowest BCUT2D eigenvalue weighted by molar-refractivity contribution is -0.710. The average Bonchev–Trinajstić information content (AvgIpc) is 2.61. The first-order chi connectivity index (χ1) is 7.94. The summed E-state index contributed by atoms with van der Waals surface area (Å²) in [5, 5.41) is 2.91. The van der Waals surface area contributed by atoms with Gasteiger partial charge >= 0.3 is 6.09 Å². The minimum atomic E-state index is -0.439. The molecule has 94 valence electrons. The summed E-state index contributed by atoms with van der Waals surface area (Å²) in [6.45, 7) is 6.41. The van der Waals surface area contributed by atoms with Gasteiger partial charge in [-0.1, -0.05) is 0 Å². The van der Waals surface area contributed by atoms with Gasteiger partial charge in [0.05, 0.1) is 12.5 Å². The third-order valence-corrected chi connectivity index (χ3v) is 2.72. The van der Waals surface area contributed by atoms with Gasteiger partial charge in [-0.05, 0) is 27.2 Å². The molecule has 2 rings (SSSR count). The first-order valence-electron chi connectivity index (χ1n) is 5.99. The highest BCUT2D eigenvalue weighted by Gasteiger charge is 2.26.